The second-order valence-corrected chi connectivity index (χ2v) is 7.38. The van der Waals surface area contributed by atoms with Crippen molar-refractivity contribution in [2.45, 2.75) is 39.5 Å². The second kappa shape index (κ2) is 7.50. The van der Waals surface area contributed by atoms with Crippen LogP contribution >= 0.6 is 0 Å². The Balaban J connectivity index is 1.76. The van der Waals surface area contributed by atoms with Gasteiger partial charge >= 0.3 is 5.97 Å². The number of carboxylic acid groups (broad SMARTS) is 1. The number of benzene rings is 1. The fraction of sp³-hybridized carbons (Fsp3) is 0.304. The predicted octanol–water partition coefficient (Wildman–Crippen LogP) is 4.70. The quantitative estimate of drug-likeness (QED) is 0.677. The molecule has 2 N–H and O–H groups in total. The van der Waals surface area contributed by atoms with Gasteiger partial charge < -0.3 is 14.8 Å². The molecule has 0 atom stereocenters. The van der Waals surface area contributed by atoms with E-state index in [0.29, 0.717) is 5.75 Å². The Bertz CT molecular complexity index is 1040. The van der Waals surface area contributed by atoms with Gasteiger partial charge in [-0.25, -0.2) is 4.79 Å². The van der Waals surface area contributed by atoms with Crippen molar-refractivity contribution in [1.29, 1.82) is 0 Å². The van der Waals surface area contributed by atoms with Crippen LogP contribution in [0.25, 0.3) is 22.4 Å². The van der Waals surface area contributed by atoms with E-state index >= 15 is 0 Å². The normalized spacial score (nSPS) is 13.2. The molecule has 0 fully saturated rings. The van der Waals surface area contributed by atoms with Crippen molar-refractivity contribution < 1.29 is 14.6 Å². The molecule has 0 unspecified atom stereocenters. The summed E-state index contributed by atoms with van der Waals surface area (Å²) in [5.41, 5.74) is 9.05. The van der Waals surface area contributed by atoms with Gasteiger partial charge in [0.15, 0.2) is 6.61 Å². The van der Waals surface area contributed by atoms with Crippen LogP contribution in [-0.4, -0.2) is 27.7 Å². The van der Waals surface area contributed by atoms with Crippen molar-refractivity contribution in [1.82, 2.24) is 9.97 Å². The number of nitrogens with one attached hydrogen (secondary N) is 1. The molecule has 2 aromatic heterocycles. The van der Waals surface area contributed by atoms with Crippen LogP contribution in [-0.2, 0) is 17.6 Å². The number of hydrogen-bond acceptors (Lipinski definition) is 3. The molecule has 3 aromatic rings. The van der Waals surface area contributed by atoms with Crippen LogP contribution in [0.15, 0.2) is 36.5 Å². The first-order valence-corrected chi connectivity index (χ1v) is 9.65. The fourth-order valence-corrected chi connectivity index (χ4v) is 4.12. The minimum atomic E-state index is -0.954. The minimum Gasteiger partial charge on any atom is -0.482 e. The van der Waals surface area contributed by atoms with E-state index in [2.05, 4.69) is 35.1 Å². The van der Waals surface area contributed by atoms with Gasteiger partial charge in [-0.3, -0.25) is 4.98 Å². The number of hydrogen-bond donors (Lipinski definition) is 2. The van der Waals surface area contributed by atoms with Crippen LogP contribution in [0.1, 0.15) is 35.4 Å². The van der Waals surface area contributed by atoms with Crippen LogP contribution in [0, 0.1) is 13.8 Å². The van der Waals surface area contributed by atoms with Gasteiger partial charge in [-0.1, -0.05) is 6.07 Å². The van der Waals surface area contributed by atoms with Gasteiger partial charge in [0.2, 0.25) is 0 Å². The molecule has 0 amide bonds. The number of aromatic amines is 1. The van der Waals surface area contributed by atoms with Gasteiger partial charge in [-0.15, -0.1) is 0 Å². The zero-order valence-corrected chi connectivity index (χ0v) is 16.2. The highest BCUT2D eigenvalue weighted by atomic mass is 16.5. The third kappa shape index (κ3) is 3.52. The molecule has 1 aromatic carbocycles. The van der Waals surface area contributed by atoms with Gasteiger partial charge in [-0.05, 0) is 86.1 Å². The molecule has 0 saturated carbocycles. The summed E-state index contributed by atoms with van der Waals surface area (Å²) >= 11 is 0. The molecule has 1 aliphatic carbocycles. The zero-order chi connectivity index (χ0) is 19.7. The Morgan fingerprint density at radius 3 is 2.61 bits per heavy atom. The van der Waals surface area contributed by atoms with Gasteiger partial charge in [-0.2, -0.15) is 0 Å². The van der Waals surface area contributed by atoms with E-state index < -0.39 is 5.97 Å². The van der Waals surface area contributed by atoms with E-state index in [1.54, 1.807) is 0 Å². The summed E-state index contributed by atoms with van der Waals surface area (Å²) in [5, 5.41) is 8.94. The number of rotatable bonds is 5. The summed E-state index contributed by atoms with van der Waals surface area (Å²) in [5.74, 6) is -0.253. The maximum absolute atomic E-state index is 10.9. The lowest BCUT2D eigenvalue weighted by atomic mass is 9.85. The van der Waals surface area contributed by atoms with E-state index in [9.17, 15) is 4.79 Å². The third-order valence-corrected chi connectivity index (χ3v) is 5.34. The van der Waals surface area contributed by atoms with Crippen LogP contribution < -0.4 is 4.74 Å². The summed E-state index contributed by atoms with van der Waals surface area (Å²) in [6.45, 7) is 3.80. The van der Waals surface area contributed by atoms with Crippen molar-refractivity contribution in [3.05, 3.63) is 59.0 Å². The zero-order valence-electron chi connectivity index (χ0n) is 16.2. The van der Waals surface area contributed by atoms with E-state index in [4.69, 9.17) is 9.84 Å². The van der Waals surface area contributed by atoms with E-state index in [1.165, 1.54) is 11.1 Å². The van der Waals surface area contributed by atoms with E-state index in [1.807, 2.05) is 25.3 Å². The standard InChI is InChI=1S/C23H24N2O3/c1-14-11-20(15(2)25-14)21-12-16(9-10-24-21)17-7-8-22(28-13-23(26)27)19-6-4-3-5-18(17)19/h7-12,25H,3-6,13H2,1-2H3,(H,26,27). The molecule has 0 radical (unpaired) electrons. The van der Waals surface area contributed by atoms with Crippen molar-refractivity contribution in [3.63, 3.8) is 0 Å². The largest absolute Gasteiger partial charge is 0.482 e. The summed E-state index contributed by atoms with van der Waals surface area (Å²) < 4.78 is 5.55. The molecule has 144 valence electrons. The number of H-pyrrole nitrogens is 1. The number of nitrogens with zero attached hydrogens (tertiary/aromatic N) is 1. The number of carbonyl (C=O) groups is 1. The van der Waals surface area contributed by atoms with Crippen molar-refractivity contribution in [2.24, 2.45) is 0 Å². The first-order chi connectivity index (χ1) is 13.5. The van der Waals surface area contributed by atoms with Crippen LogP contribution in [0.4, 0.5) is 0 Å². The summed E-state index contributed by atoms with van der Waals surface area (Å²) in [6, 6.07) is 10.3. The average Bonchev–Trinajstić information content (AvgIpc) is 3.04. The number of aryl methyl sites for hydroxylation is 2. The molecule has 5 nitrogen and oxygen atoms in total. The number of aliphatic carboxylic acids is 1. The van der Waals surface area contributed by atoms with Crippen molar-refractivity contribution >= 4 is 5.97 Å². The highest BCUT2D eigenvalue weighted by Crippen LogP contribution is 2.38. The molecule has 1 aliphatic rings. The maximum Gasteiger partial charge on any atom is 0.341 e. The summed E-state index contributed by atoms with van der Waals surface area (Å²) in [4.78, 5) is 18.8. The highest BCUT2D eigenvalue weighted by molar-refractivity contribution is 5.76. The fourth-order valence-electron chi connectivity index (χ4n) is 4.12. The van der Waals surface area contributed by atoms with E-state index in [0.717, 1.165) is 59.5 Å². The Labute approximate surface area is 164 Å². The Hall–Kier alpha value is -3.08. The lowest BCUT2D eigenvalue weighted by molar-refractivity contribution is -0.139. The second-order valence-electron chi connectivity index (χ2n) is 7.38. The first kappa shape index (κ1) is 18.3. The molecule has 0 saturated heterocycles. The number of carboxylic acids is 1. The predicted molar refractivity (Wildman–Crippen MR) is 109 cm³/mol. The highest BCUT2D eigenvalue weighted by Gasteiger charge is 2.20. The monoisotopic (exact) mass is 376 g/mol. The Morgan fingerprint density at radius 2 is 1.89 bits per heavy atom. The number of ether oxygens (including phenoxy) is 1. The molecule has 5 heteroatoms. The SMILES string of the molecule is Cc1cc(-c2cc(-c3ccc(OCC(=O)O)c4c3CCCC4)ccn2)c(C)[nH]1. The van der Waals surface area contributed by atoms with Gasteiger partial charge in [0.1, 0.15) is 5.75 Å². The molecule has 28 heavy (non-hydrogen) atoms. The van der Waals surface area contributed by atoms with Gasteiger partial charge in [0, 0.05) is 23.1 Å². The minimum absolute atomic E-state index is 0.308. The lowest BCUT2D eigenvalue weighted by Crippen LogP contribution is -2.13. The Morgan fingerprint density at radius 1 is 1.11 bits per heavy atom. The smallest absolute Gasteiger partial charge is 0.341 e. The first-order valence-electron chi connectivity index (χ1n) is 9.65. The van der Waals surface area contributed by atoms with Crippen molar-refractivity contribution in [2.75, 3.05) is 6.61 Å². The van der Waals surface area contributed by atoms with Crippen LogP contribution in [0.5, 0.6) is 5.75 Å². The Kier molecular flexibility index (Phi) is 4.90. The van der Waals surface area contributed by atoms with Crippen LogP contribution in [0.3, 0.4) is 0 Å². The number of aromatic nitrogens is 2. The average molecular weight is 376 g/mol. The number of fused-ring (bicyclic) bond motifs is 1. The lowest BCUT2D eigenvalue weighted by Gasteiger charge is -2.23. The van der Waals surface area contributed by atoms with Gasteiger partial charge in [0.25, 0.3) is 0 Å². The van der Waals surface area contributed by atoms with E-state index in [-0.39, 0.29) is 6.61 Å². The maximum atomic E-state index is 10.9. The molecule has 0 spiro atoms. The molecular formula is C23H24N2O3. The van der Waals surface area contributed by atoms with Crippen LogP contribution in [0.2, 0.25) is 0 Å². The third-order valence-electron chi connectivity index (χ3n) is 5.34. The molecule has 2 heterocycles. The topological polar surface area (TPSA) is 75.2 Å². The summed E-state index contributed by atoms with van der Waals surface area (Å²) in [7, 11) is 0. The molecular weight excluding hydrogens is 352 g/mol. The van der Waals surface area contributed by atoms with Crippen molar-refractivity contribution in [3.8, 4) is 28.1 Å². The number of pyridine rings is 1. The summed E-state index contributed by atoms with van der Waals surface area (Å²) in [6.07, 6.45) is 6.00. The molecule has 4 rings (SSSR count). The molecule has 0 aliphatic heterocycles. The molecule has 0 bridgehead atoms. The van der Waals surface area contributed by atoms with Gasteiger partial charge in [0.05, 0.1) is 5.69 Å².